The largest absolute Gasteiger partial charge is 0.394 e. The number of nitrogens with zero attached hydrogens (tertiary/aromatic N) is 1. The maximum Gasteiger partial charge on any atom is 0.161 e. The minimum absolute atomic E-state index is 0.000688. The zero-order valence-electron chi connectivity index (χ0n) is 8.32. The van der Waals surface area contributed by atoms with Crippen molar-refractivity contribution < 1.29 is 9.90 Å². The van der Waals surface area contributed by atoms with Crippen molar-refractivity contribution in [1.29, 1.82) is 0 Å². The van der Waals surface area contributed by atoms with Crippen LogP contribution in [-0.2, 0) is 0 Å². The number of pyridine rings is 1. The number of Topliss-reactive ketones (excluding diaryl/α,β-unsaturated/α-hetero) is 1. The van der Waals surface area contributed by atoms with Crippen molar-refractivity contribution >= 4 is 11.6 Å². The van der Waals surface area contributed by atoms with Crippen LogP contribution in [0.4, 0.5) is 5.82 Å². The van der Waals surface area contributed by atoms with E-state index < -0.39 is 0 Å². The average molecular weight is 194 g/mol. The Morgan fingerprint density at radius 3 is 2.79 bits per heavy atom. The lowest BCUT2D eigenvalue weighted by Crippen LogP contribution is -2.19. The van der Waals surface area contributed by atoms with Crippen LogP contribution in [0.25, 0.3) is 0 Å². The Bertz CT molecular complexity index is 308. The Morgan fingerprint density at radius 1 is 1.64 bits per heavy atom. The molecule has 0 saturated carbocycles. The Hall–Kier alpha value is -1.42. The minimum atomic E-state index is -0.0364. The summed E-state index contributed by atoms with van der Waals surface area (Å²) in [6.45, 7) is 3.40. The zero-order valence-corrected chi connectivity index (χ0v) is 8.32. The van der Waals surface area contributed by atoms with E-state index >= 15 is 0 Å². The van der Waals surface area contributed by atoms with Crippen molar-refractivity contribution in [3.05, 3.63) is 23.9 Å². The van der Waals surface area contributed by atoms with Gasteiger partial charge in [0.1, 0.15) is 5.82 Å². The van der Waals surface area contributed by atoms with Crippen molar-refractivity contribution in [3.8, 4) is 0 Å². The van der Waals surface area contributed by atoms with Gasteiger partial charge in [0.25, 0.3) is 0 Å². The van der Waals surface area contributed by atoms with Gasteiger partial charge in [-0.1, -0.05) is 0 Å². The molecule has 0 aromatic carbocycles. The Balaban J connectivity index is 2.68. The van der Waals surface area contributed by atoms with E-state index in [1.54, 1.807) is 12.1 Å². The van der Waals surface area contributed by atoms with Crippen LogP contribution in [0.5, 0.6) is 0 Å². The Morgan fingerprint density at radius 2 is 2.36 bits per heavy atom. The third-order valence-electron chi connectivity index (χ3n) is 1.84. The lowest BCUT2D eigenvalue weighted by molar-refractivity contribution is 0.101. The first kappa shape index (κ1) is 10.7. The molecular formula is C10H14N2O2. The molecule has 0 bridgehead atoms. The fourth-order valence-corrected chi connectivity index (χ4v) is 0.986. The second kappa shape index (κ2) is 4.72. The van der Waals surface area contributed by atoms with Crippen LogP contribution >= 0.6 is 0 Å². The quantitative estimate of drug-likeness (QED) is 0.704. The van der Waals surface area contributed by atoms with E-state index in [4.69, 9.17) is 5.11 Å². The summed E-state index contributed by atoms with van der Waals surface area (Å²) in [6.07, 6.45) is 1.52. The molecule has 76 valence electrons. The van der Waals surface area contributed by atoms with Gasteiger partial charge < -0.3 is 10.4 Å². The number of anilines is 1. The standard InChI is InChI=1S/C10H14N2O2/c1-7(6-13)12-10-4-3-9(5-11-10)8(2)14/h3-5,7,13H,6H2,1-2H3,(H,11,12). The zero-order chi connectivity index (χ0) is 10.6. The van der Waals surface area contributed by atoms with Gasteiger partial charge in [-0.25, -0.2) is 4.98 Å². The molecule has 0 saturated heterocycles. The first-order valence-corrected chi connectivity index (χ1v) is 4.48. The van der Waals surface area contributed by atoms with Gasteiger partial charge in [0, 0.05) is 17.8 Å². The molecule has 4 heteroatoms. The van der Waals surface area contributed by atoms with Crippen LogP contribution in [0.1, 0.15) is 24.2 Å². The summed E-state index contributed by atoms with van der Waals surface area (Å²) in [5.41, 5.74) is 0.590. The maximum atomic E-state index is 10.9. The van der Waals surface area contributed by atoms with Crippen LogP contribution in [0.15, 0.2) is 18.3 Å². The van der Waals surface area contributed by atoms with Crippen LogP contribution in [0, 0.1) is 0 Å². The second-order valence-electron chi connectivity index (χ2n) is 3.22. The van der Waals surface area contributed by atoms with Crippen LogP contribution in [-0.4, -0.2) is 28.5 Å². The molecule has 1 aromatic heterocycles. The Kier molecular flexibility index (Phi) is 3.59. The fourth-order valence-electron chi connectivity index (χ4n) is 0.986. The molecular weight excluding hydrogens is 180 g/mol. The van der Waals surface area contributed by atoms with E-state index in [-0.39, 0.29) is 18.4 Å². The average Bonchev–Trinajstić information content (AvgIpc) is 2.18. The molecule has 0 aliphatic carbocycles. The summed E-state index contributed by atoms with van der Waals surface area (Å²) >= 11 is 0. The van der Waals surface area contributed by atoms with Gasteiger partial charge in [0.15, 0.2) is 5.78 Å². The Labute approximate surface area is 83.0 Å². The van der Waals surface area contributed by atoms with Crippen LogP contribution in [0.2, 0.25) is 0 Å². The maximum absolute atomic E-state index is 10.9. The summed E-state index contributed by atoms with van der Waals surface area (Å²) in [7, 11) is 0. The third-order valence-corrected chi connectivity index (χ3v) is 1.84. The summed E-state index contributed by atoms with van der Waals surface area (Å²) in [5, 5.41) is 11.8. The topological polar surface area (TPSA) is 62.2 Å². The van der Waals surface area contributed by atoms with Gasteiger partial charge in [-0.2, -0.15) is 0 Å². The molecule has 0 radical (unpaired) electrons. The molecule has 1 aromatic rings. The predicted octanol–water partition coefficient (Wildman–Crippen LogP) is 1.08. The highest BCUT2D eigenvalue weighted by Crippen LogP contribution is 2.06. The highest BCUT2D eigenvalue weighted by molar-refractivity contribution is 5.93. The van der Waals surface area contributed by atoms with Crippen molar-refractivity contribution in [2.45, 2.75) is 19.9 Å². The molecule has 1 atom stereocenters. The van der Waals surface area contributed by atoms with Crippen molar-refractivity contribution in [2.75, 3.05) is 11.9 Å². The van der Waals surface area contributed by atoms with E-state index in [0.717, 1.165) is 0 Å². The second-order valence-corrected chi connectivity index (χ2v) is 3.22. The lowest BCUT2D eigenvalue weighted by Gasteiger charge is -2.10. The number of hydrogen-bond acceptors (Lipinski definition) is 4. The SMILES string of the molecule is CC(=O)c1ccc(NC(C)CO)nc1. The van der Waals surface area contributed by atoms with Crippen molar-refractivity contribution in [1.82, 2.24) is 4.98 Å². The van der Waals surface area contributed by atoms with E-state index in [1.807, 2.05) is 6.92 Å². The molecule has 1 unspecified atom stereocenters. The number of hydrogen-bond donors (Lipinski definition) is 2. The van der Waals surface area contributed by atoms with E-state index in [9.17, 15) is 4.79 Å². The minimum Gasteiger partial charge on any atom is -0.394 e. The molecule has 0 aliphatic heterocycles. The molecule has 0 spiro atoms. The van der Waals surface area contributed by atoms with E-state index in [2.05, 4.69) is 10.3 Å². The van der Waals surface area contributed by atoms with E-state index in [1.165, 1.54) is 13.1 Å². The molecule has 4 nitrogen and oxygen atoms in total. The number of aromatic nitrogens is 1. The van der Waals surface area contributed by atoms with Gasteiger partial charge in [-0.3, -0.25) is 4.79 Å². The van der Waals surface area contributed by atoms with Crippen molar-refractivity contribution in [3.63, 3.8) is 0 Å². The summed E-state index contributed by atoms with van der Waals surface area (Å²) in [4.78, 5) is 15.0. The number of carbonyl (C=O) groups excluding carboxylic acids is 1. The summed E-state index contributed by atoms with van der Waals surface area (Å²) in [5.74, 6) is 0.663. The van der Waals surface area contributed by atoms with Crippen LogP contribution < -0.4 is 5.32 Å². The highest BCUT2D eigenvalue weighted by Gasteiger charge is 2.02. The first-order valence-electron chi connectivity index (χ1n) is 4.48. The number of rotatable bonds is 4. The molecule has 0 aliphatic rings. The van der Waals surface area contributed by atoms with Gasteiger partial charge in [0.05, 0.1) is 6.61 Å². The molecule has 0 amide bonds. The van der Waals surface area contributed by atoms with Gasteiger partial charge >= 0.3 is 0 Å². The number of aliphatic hydroxyl groups is 1. The predicted molar refractivity (Wildman–Crippen MR) is 54.4 cm³/mol. The summed E-state index contributed by atoms with van der Waals surface area (Å²) < 4.78 is 0. The molecule has 14 heavy (non-hydrogen) atoms. The molecule has 2 N–H and O–H groups in total. The number of carbonyl (C=O) groups is 1. The lowest BCUT2D eigenvalue weighted by atomic mass is 10.2. The van der Waals surface area contributed by atoms with Gasteiger partial charge in [0.2, 0.25) is 0 Å². The first-order chi connectivity index (χ1) is 6.63. The highest BCUT2D eigenvalue weighted by atomic mass is 16.3. The fraction of sp³-hybridized carbons (Fsp3) is 0.400. The smallest absolute Gasteiger partial charge is 0.161 e. The van der Waals surface area contributed by atoms with Crippen molar-refractivity contribution in [2.24, 2.45) is 0 Å². The van der Waals surface area contributed by atoms with Gasteiger partial charge in [-0.15, -0.1) is 0 Å². The molecule has 1 heterocycles. The third kappa shape index (κ3) is 2.81. The van der Waals surface area contributed by atoms with Crippen LogP contribution in [0.3, 0.4) is 0 Å². The van der Waals surface area contributed by atoms with E-state index in [0.29, 0.717) is 11.4 Å². The molecule has 0 fully saturated rings. The number of ketones is 1. The normalized spacial score (nSPS) is 12.2. The monoisotopic (exact) mass is 194 g/mol. The number of nitrogens with one attached hydrogen (secondary N) is 1. The van der Waals surface area contributed by atoms with Gasteiger partial charge in [-0.05, 0) is 26.0 Å². The molecule has 1 rings (SSSR count). The summed E-state index contributed by atoms with van der Waals surface area (Å²) in [6, 6.07) is 3.40. The number of aliphatic hydroxyl groups excluding tert-OH is 1.